The van der Waals surface area contributed by atoms with Gasteiger partial charge in [0.2, 0.25) is 5.78 Å². The predicted molar refractivity (Wildman–Crippen MR) is 58.3 cm³/mol. The fraction of sp³-hybridized carbons (Fsp3) is 0.308. The lowest BCUT2D eigenvalue weighted by Gasteiger charge is -2.13. The Hall–Kier alpha value is -1.71. The Labute approximate surface area is 97.9 Å². The Morgan fingerprint density at radius 1 is 1.24 bits per heavy atom. The molecular weight excluding hydrogens is 226 g/mol. The number of Topliss-reactive ketones (excluding diaryl/α,β-unsaturated/α-hetero) is 1. The van der Waals surface area contributed by atoms with Crippen LogP contribution in [0.5, 0.6) is 0 Å². The quantitative estimate of drug-likeness (QED) is 0.809. The van der Waals surface area contributed by atoms with Gasteiger partial charge in [0.15, 0.2) is 5.76 Å². The lowest BCUT2D eigenvalue weighted by Crippen LogP contribution is -2.13. The maximum Gasteiger partial charge on any atom is 0.201 e. The van der Waals surface area contributed by atoms with Crippen molar-refractivity contribution in [2.75, 3.05) is 6.61 Å². The van der Waals surface area contributed by atoms with Crippen LogP contribution < -0.4 is 0 Å². The number of carbonyl (C=O) groups is 1. The molecule has 1 aliphatic heterocycles. The van der Waals surface area contributed by atoms with Crippen LogP contribution in [-0.2, 0) is 16.0 Å². The van der Waals surface area contributed by atoms with E-state index in [0.717, 1.165) is 31.0 Å². The highest BCUT2D eigenvalue weighted by atomic mass is 19.1. The van der Waals surface area contributed by atoms with E-state index in [2.05, 4.69) is 0 Å². The van der Waals surface area contributed by atoms with Gasteiger partial charge in [0.05, 0.1) is 6.61 Å². The molecule has 0 saturated heterocycles. The first-order valence-corrected chi connectivity index (χ1v) is 5.46. The maximum atomic E-state index is 12.9. The summed E-state index contributed by atoms with van der Waals surface area (Å²) in [4.78, 5) is 11.8. The normalized spacial score (nSPS) is 15.1. The molecule has 2 nitrogen and oxygen atoms in total. The molecule has 90 valence electrons. The summed E-state index contributed by atoms with van der Waals surface area (Å²) in [5.74, 6) is -1.28. The lowest BCUT2D eigenvalue weighted by atomic mass is 10.1. The zero-order chi connectivity index (χ0) is 12.3. The van der Waals surface area contributed by atoms with Gasteiger partial charge in [-0.15, -0.1) is 0 Å². The monoisotopic (exact) mass is 238 g/mol. The van der Waals surface area contributed by atoms with Crippen LogP contribution in [0.3, 0.4) is 0 Å². The number of ketones is 1. The highest BCUT2D eigenvalue weighted by Gasteiger charge is 2.15. The molecule has 0 aliphatic carbocycles. The molecule has 0 amide bonds. The van der Waals surface area contributed by atoms with Gasteiger partial charge in [-0.05, 0) is 36.6 Å². The van der Waals surface area contributed by atoms with E-state index >= 15 is 0 Å². The van der Waals surface area contributed by atoms with Crippen molar-refractivity contribution in [2.24, 2.45) is 0 Å². The van der Waals surface area contributed by atoms with Gasteiger partial charge in [0, 0.05) is 12.5 Å². The zero-order valence-electron chi connectivity index (χ0n) is 9.21. The summed E-state index contributed by atoms with van der Waals surface area (Å²) in [7, 11) is 0. The molecular formula is C13H12F2O2. The Bertz CT molecular complexity index is 446. The molecule has 2 rings (SSSR count). The zero-order valence-corrected chi connectivity index (χ0v) is 9.21. The molecule has 0 aromatic heterocycles. The molecule has 0 saturated carbocycles. The minimum Gasteiger partial charge on any atom is -0.490 e. The van der Waals surface area contributed by atoms with Crippen molar-refractivity contribution in [1.82, 2.24) is 0 Å². The van der Waals surface area contributed by atoms with Gasteiger partial charge in [-0.2, -0.15) is 0 Å². The molecule has 0 atom stereocenters. The SMILES string of the molecule is O=C(Cc1cc(F)cc(F)c1)C1=CCCCO1. The Morgan fingerprint density at radius 2 is 1.94 bits per heavy atom. The second-order valence-electron chi connectivity index (χ2n) is 3.94. The number of carbonyl (C=O) groups excluding carboxylic acids is 1. The van der Waals surface area contributed by atoms with E-state index in [1.165, 1.54) is 0 Å². The molecule has 1 aromatic carbocycles. The van der Waals surface area contributed by atoms with Gasteiger partial charge in [0.25, 0.3) is 0 Å². The predicted octanol–water partition coefficient (Wildman–Crippen LogP) is 2.77. The van der Waals surface area contributed by atoms with Crippen molar-refractivity contribution < 1.29 is 18.3 Å². The third-order valence-electron chi connectivity index (χ3n) is 2.50. The fourth-order valence-corrected chi connectivity index (χ4v) is 1.74. The maximum absolute atomic E-state index is 12.9. The van der Waals surface area contributed by atoms with E-state index in [4.69, 9.17) is 4.74 Å². The molecule has 0 unspecified atom stereocenters. The van der Waals surface area contributed by atoms with Crippen LogP contribution >= 0.6 is 0 Å². The van der Waals surface area contributed by atoms with Crippen LogP contribution in [0, 0.1) is 11.6 Å². The second kappa shape index (κ2) is 5.08. The summed E-state index contributed by atoms with van der Waals surface area (Å²) in [5, 5.41) is 0. The summed E-state index contributed by atoms with van der Waals surface area (Å²) >= 11 is 0. The van der Waals surface area contributed by atoms with Gasteiger partial charge >= 0.3 is 0 Å². The number of hydrogen-bond acceptors (Lipinski definition) is 2. The molecule has 0 radical (unpaired) electrons. The first kappa shape index (κ1) is 11.8. The number of hydrogen-bond donors (Lipinski definition) is 0. The smallest absolute Gasteiger partial charge is 0.201 e. The van der Waals surface area contributed by atoms with Crippen LogP contribution in [0.25, 0.3) is 0 Å². The highest BCUT2D eigenvalue weighted by molar-refractivity contribution is 5.95. The summed E-state index contributed by atoms with van der Waals surface area (Å²) in [6, 6.07) is 3.10. The Morgan fingerprint density at radius 3 is 2.53 bits per heavy atom. The topological polar surface area (TPSA) is 26.3 Å². The Kier molecular flexibility index (Phi) is 3.52. The minimum atomic E-state index is -0.675. The highest BCUT2D eigenvalue weighted by Crippen LogP contribution is 2.15. The third-order valence-corrected chi connectivity index (χ3v) is 2.50. The molecule has 0 spiro atoms. The van der Waals surface area contributed by atoms with E-state index in [0.29, 0.717) is 17.9 Å². The average Bonchev–Trinajstić information content (AvgIpc) is 2.28. The summed E-state index contributed by atoms with van der Waals surface area (Å²) in [5.41, 5.74) is 0.322. The molecule has 4 heteroatoms. The van der Waals surface area contributed by atoms with Crippen LogP contribution in [0.4, 0.5) is 8.78 Å². The van der Waals surface area contributed by atoms with Gasteiger partial charge in [0.1, 0.15) is 11.6 Å². The van der Waals surface area contributed by atoms with Crippen LogP contribution in [-0.4, -0.2) is 12.4 Å². The minimum absolute atomic E-state index is 0.0412. The van der Waals surface area contributed by atoms with E-state index in [9.17, 15) is 13.6 Å². The largest absolute Gasteiger partial charge is 0.490 e. The van der Waals surface area contributed by atoms with Crippen molar-refractivity contribution in [3.8, 4) is 0 Å². The Balaban J connectivity index is 2.09. The molecule has 0 bridgehead atoms. The van der Waals surface area contributed by atoms with Gasteiger partial charge in [-0.1, -0.05) is 0 Å². The summed E-state index contributed by atoms with van der Waals surface area (Å²) < 4.78 is 31.0. The van der Waals surface area contributed by atoms with Crippen LogP contribution in [0.2, 0.25) is 0 Å². The summed E-state index contributed by atoms with van der Waals surface area (Å²) in [6.45, 7) is 0.523. The number of allylic oxidation sites excluding steroid dienone is 2. The van der Waals surface area contributed by atoms with E-state index in [-0.39, 0.29) is 12.2 Å². The van der Waals surface area contributed by atoms with Crippen LogP contribution in [0.1, 0.15) is 18.4 Å². The number of halogens is 2. The standard InChI is InChI=1S/C13H12F2O2/c14-10-5-9(6-11(15)8-10)7-12(16)13-3-1-2-4-17-13/h3,5-6,8H,1-2,4,7H2. The summed E-state index contributed by atoms with van der Waals surface area (Å²) in [6.07, 6.45) is 3.38. The van der Waals surface area contributed by atoms with E-state index in [1.54, 1.807) is 6.08 Å². The number of rotatable bonds is 3. The van der Waals surface area contributed by atoms with Gasteiger partial charge in [-0.3, -0.25) is 4.79 Å². The van der Waals surface area contributed by atoms with E-state index in [1.807, 2.05) is 0 Å². The molecule has 0 N–H and O–H groups in total. The third kappa shape index (κ3) is 3.12. The molecule has 1 aliphatic rings. The first-order valence-electron chi connectivity index (χ1n) is 5.46. The van der Waals surface area contributed by atoms with Gasteiger partial charge < -0.3 is 4.74 Å². The van der Waals surface area contributed by atoms with Crippen molar-refractivity contribution in [2.45, 2.75) is 19.3 Å². The van der Waals surface area contributed by atoms with Crippen molar-refractivity contribution in [3.63, 3.8) is 0 Å². The molecule has 0 fully saturated rings. The second-order valence-corrected chi connectivity index (χ2v) is 3.94. The molecule has 17 heavy (non-hydrogen) atoms. The number of ether oxygens (including phenoxy) is 1. The van der Waals surface area contributed by atoms with E-state index < -0.39 is 11.6 Å². The van der Waals surface area contributed by atoms with Crippen molar-refractivity contribution in [1.29, 1.82) is 0 Å². The van der Waals surface area contributed by atoms with Gasteiger partial charge in [-0.25, -0.2) is 8.78 Å². The first-order chi connectivity index (χ1) is 8.15. The molecule has 1 heterocycles. The van der Waals surface area contributed by atoms with Crippen molar-refractivity contribution >= 4 is 5.78 Å². The lowest BCUT2D eigenvalue weighted by molar-refractivity contribution is -0.118. The number of benzene rings is 1. The van der Waals surface area contributed by atoms with Crippen LogP contribution in [0.15, 0.2) is 30.0 Å². The average molecular weight is 238 g/mol. The van der Waals surface area contributed by atoms with Crippen molar-refractivity contribution in [3.05, 3.63) is 47.2 Å². The molecule has 1 aromatic rings. The fourth-order valence-electron chi connectivity index (χ4n) is 1.74.